The van der Waals surface area contributed by atoms with Crippen molar-refractivity contribution in [2.75, 3.05) is 12.3 Å². The molecule has 1 aliphatic rings. The summed E-state index contributed by atoms with van der Waals surface area (Å²) in [5, 5.41) is 0. The van der Waals surface area contributed by atoms with Gasteiger partial charge in [0.15, 0.2) is 0 Å². The van der Waals surface area contributed by atoms with Gasteiger partial charge in [-0.2, -0.15) is 4.31 Å². The number of hydrogen-bond donors (Lipinski definition) is 1. The van der Waals surface area contributed by atoms with Crippen molar-refractivity contribution in [3.8, 4) is 0 Å². The molecule has 0 spiro atoms. The predicted octanol–water partition coefficient (Wildman–Crippen LogP) is 0.809. The highest BCUT2D eigenvalue weighted by Gasteiger charge is 2.30. The van der Waals surface area contributed by atoms with Crippen LogP contribution in [0.15, 0.2) is 35.5 Å². The van der Waals surface area contributed by atoms with Crippen LogP contribution < -0.4 is 5.73 Å². The Labute approximate surface area is 115 Å². The van der Waals surface area contributed by atoms with Crippen LogP contribution in [0.4, 0.5) is 10.1 Å². The number of sulfonamides is 1. The molecule has 0 bridgehead atoms. The summed E-state index contributed by atoms with van der Waals surface area (Å²) in [4.78, 5) is 3.74. The van der Waals surface area contributed by atoms with E-state index in [2.05, 4.69) is 4.98 Å². The Hall–Kier alpha value is -1.93. The molecule has 0 fully saturated rings. The van der Waals surface area contributed by atoms with E-state index in [0.29, 0.717) is 12.4 Å². The second-order valence-electron chi connectivity index (χ2n) is 4.57. The maximum absolute atomic E-state index is 13.8. The van der Waals surface area contributed by atoms with Crippen LogP contribution in [0.2, 0.25) is 0 Å². The third-order valence-corrected chi connectivity index (χ3v) is 5.16. The van der Waals surface area contributed by atoms with Crippen LogP contribution in [-0.2, 0) is 23.1 Å². The molecule has 6 nitrogen and oxygen atoms in total. The molecule has 0 aliphatic carbocycles. The van der Waals surface area contributed by atoms with E-state index in [1.807, 2.05) is 4.57 Å². The van der Waals surface area contributed by atoms with Gasteiger partial charge in [0.05, 0.1) is 6.54 Å². The van der Waals surface area contributed by atoms with Crippen molar-refractivity contribution < 1.29 is 12.8 Å². The van der Waals surface area contributed by atoms with E-state index < -0.39 is 15.8 Å². The zero-order valence-corrected chi connectivity index (χ0v) is 11.3. The molecule has 8 heteroatoms. The summed E-state index contributed by atoms with van der Waals surface area (Å²) in [5.41, 5.74) is 5.63. The van der Waals surface area contributed by atoms with Crippen LogP contribution in [0, 0.1) is 5.82 Å². The summed E-state index contributed by atoms with van der Waals surface area (Å²) in [7, 11) is -3.88. The monoisotopic (exact) mass is 296 g/mol. The molecule has 20 heavy (non-hydrogen) atoms. The quantitative estimate of drug-likeness (QED) is 0.832. The summed E-state index contributed by atoms with van der Waals surface area (Å²) < 4.78 is 41.9. The average Bonchev–Trinajstić information content (AvgIpc) is 2.85. The molecule has 0 radical (unpaired) electrons. The number of halogens is 1. The highest BCUT2D eigenvalue weighted by atomic mass is 32.2. The van der Waals surface area contributed by atoms with Gasteiger partial charge in [0.1, 0.15) is 16.5 Å². The van der Waals surface area contributed by atoms with Crippen molar-refractivity contribution in [2.24, 2.45) is 0 Å². The lowest BCUT2D eigenvalue weighted by molar-refractivity contribution is 0.334. The number of hydrogen-bond acceptors (Lipinski definition) is 4. The van der Waals surface area contributed by atoms with Crippen LogP contribution in [-0.4, -0.2) is 28.8 Å². The molecule has 0 unspecified atom stereocenters. The van der Waals surface area contributed by atoms with Crippen molar-refractivity contribution >= 4 is 15.7 Å². The molecule has 0 amide bonds. The van der Waals surface area contributed by atoms with Crippen molar-refractivity contribution in [2.45, 2.75) is 18.0 Å². The van der Waals surface area contributed by atoms with Crippen LogP contribution in [0.1, 0.15) is 5.82 Å². The molecule has 1 aromatic carbocycles. The lowest BCUT2D eigenvalue weighted by Crippen LogP contribution is -2.38. The minimum atomic E-state index is -3.88. The topological polar surface area (TPSA) is 81.2 Å². The number of nitrogens with zero attached hydrogens (tertiary/aromatic N) is 3. The highest BCUT2D eigenvalue weighted by Crippen LogP contribution is 2.24. The molecule has 2 aromatic rings. The lowest BCUT2D eigenvalue weighted by atomic mass is 10.3. The first kappa shape index (κ1) is 13.1. The molecule has 1 aliphatic heterocycles. The summed E-state index contributed by atoms with van der Waals surface area (Å²) in [5.74, 6) is -0.186. The maximum Gasteiger partial charge on any atom is 0.246 e. The molecule has 1 aromatic heterocycles. The fraction of sp³-hybridized carbons (Fsp3) is 0.250. The fourth-order valence-corrected chi connectivity index (χ4v) is 3.65. The largest absolute Gasteiger partial charge is 0.399 e. The SMILES string of the molecule is Nc1ccc(S(=O)(=O)N2CCn3ccnc3C2)c(F)c1. The van der Waals surface area contributed by atoms with Gasteiger partial charge in [0.2, 0.25) is 10.0 Å². The average molecular weight is 296 g/mol. The molecule has 0 atom stereocenters. The van der Waals surface area contributed by atoms with Crippen molar-refractivity contribution in [1.29, 1.82) is 0 Å². The second kappa shape index (κ2) is 4.57. The van der Waals surface area contributed by atoms with Crippen molar-refractivity contribution in [1.82, 2.24) is 13.9 Å². The summed E-state index contributed by atoms with van der Waals surface area (Å²) in [6, 6.07) is 3.58. The summed E-state index contributed by atoms with van der Waals surface area (Å²) in [6.45, 7) is 0.930. The van der Waals surface area contributed by atoms with E-state index in [0.717, 1.165) is 6.07 Å². The Balaban J connectivity index is 1.97. The van der Waals surface area contributed by atoms with Crippen molar-refractivity contribution in [3.63, 3.8) is 0 Å². The van der Waals surface area contributed by atoms with E-state index in [1.165, 1.54) is 16.4 Å². The minimum Gasteiger partial charge on any atom is -0.399 e. The highest BCUT2D eigenvalue weighted by molar-refractivity contribution is 7.89. The molecule has 106 valence electrons. The van der Waals surface area contributed by atoms with Gasteiger partial charge < -0.3 is 10.3 Å². The molecule has 0 saturated heterocycles. The van der Waals surface area contributed by atoms with Gasteiger partial charge >= 0.3 is 0 Å². The minimum absolute atomic E-state index is 0.138. The van der Waals surface area contributed by atoms with Gasteiger partial charge in [-0.3, -0.25) is 0 Å². The number of aromatic nitrogens is 2. The number of imidazole rings is 1. The number of nitrogen functional groups attached to an aromatic ring is 1. The Morgan fingerprint density at radius 3 is 2.85 bits per heavy atom. The van der Waals surface area contributed by atoms with E-state index in [-0.39, 0.29) is 23.7 Å². The molecule has 3 rings (SSSR count). The second-order valence-corrected chi connectivity index (χ2v) is 6.47. The summed E-state index contributed by atoms with van der Waals surface area (Å²) >= 11 is 0. The molecule has 0 saturated carbocycles. The zero-order valence-electron chi connectivity index (χ0n) is 10.5. The lowest BCUT2D eigenvalue weighted by Gasteiger charge is -2.27. The maximum atomic E-state index is 13.8. The smallest absolute Gasteiger partial charge is 0.246 e. The van der Waals surface area contributed by atoms with Gasteiger partial charge in [-0.25, -0.2) is 17.8 Å². The first-order valence-electron chi connectivity index (χ1n) is 6.03. The zero-order chi connectivity index (χ0) is 14.3. The van der Waals surface area contributed by atoms with Crippen LogP contribution in [0.3, 0.4) is 0 Å². The van der Waals surface area contributed by atoms with E-state index in [9.17, 15) is 12.8 Å². The number of rotatable bonds is 2. The Kier molecular flexibility index (Phi) is 2.98. The first-order valence-corrected chi connectivity index (χ1v) is 7.47. The van der Waals surface area contributed by atoms with E-state index in [4.69, 9.17) is 5.73 Å². The molecule has 2 N–H and O–H groups in total. The third kappa shape index (κ3) is 2.06. The van der Waals surface area contributed by atoms with Gasteiger partial charge in [-0.05, 0) is 18.2 Å². The van der Waals surface area contributed by atoms with Gasteiger partial charge in [-0.15, -0.1) is 0 Å². The molecule has 2 heterocycles. The Morgan fingerprint density at radius 2 is 2.10 bits per heavy atom. The van der Waals surface area contributed by atoms with Crippen molar-refractivity contribution in [3.05, 3.63) is 42.2 Å². The predicted molar refractivity (Wildman–Crippen MR) is 70.6 cm³/mol. The van der Waals surface area contributed by atoms with Gasteiger partial charge in [0.25, 0.3) is 0 Å². The van der Waals surface area contributed by atoms with Crippen LogP contribution in [0.25, 0.3) is 0 Å². The van der Waals surface area contributed by atoms with E-state index in [1.54, 1.807) is 12.4 Å². The number of fused-ring (bicyclic) bond motifs is 1. The number of nitrogens with two attached hydrogens (primary N) is 1. The Bertz CT molecular complexity index is 757. The number of benzene rings is 1. The molecular formula is C12H13FN4O2S. The number of anilines is 1. The van der Waals surface area contributed by atoms with Crippen LogP contribution in [0.5, 0.6) is 0 Å². The standard InChI is InChI=1S/C12H13FN4O2S/c13-10-7-9(14)1-2-11(10)20(18,19)17-6-5-16-4-3-15-12(16)8-17/h1-4,7H,5-6,8,14H2. The third-order valence-electron chi connectivity index (χ3n) is 3.28. The van der Waals surface area contributed by atoms with Crippen LogP contribution >= 0.6 is 0 Å². The fourth-order valence-electron chi connectivity index (χ4n) is 2.22. The van der Waals surface area contributed by atoms with Gasteiger partial charge in [0, 0.05) is 31.2 Å². The first-order chi connectivity index (χ1) is 9.48. The molecular weight excluding hydrogens is 283 g/mol. The Morgan fingerprint density at radius 1 is 1.30 bits per heavy atom. The van der Waals surface area contributed by atoms with Gasteiger partial charge in [-0.1, -0.05) is 0 Å². The summed E-state index contributed by atoms with van der Waals surface area (Å²) in [6.07, 6.45) is 3.42. The van der Waals surface area contributed by atoms with E-state index >= 15 is 0 Å². The normalized spacial score (nSPS) is 16.1.